The molecule has 16 heavy (non-hydrogen) atoms. The molecule has 0 aliphatic carbocycles. The quantitative estimate of drug-likeness (QED) is 0.742. The maximum absolute atomic E-state index is 12.5. The standard InChI is InChI=1S/C11H14FN3O/c12-10-5-4-9(8-13-10)14-11(16)15-6-2-1-3-7-15/h4-5,8H,1-3,6-7H2,(H,14,16). The first-order valence-corrected chi connectivity index (χ1v) is 5.43. The lowest BCUT2D eigenvalue weighted by atomic mass is 10.1. The number of nitrogens with zero attached hydrogens (tertiary/aromatic N) is 2. The van der Waals surface area contributed by atoms with Gasteiger partial charge in [-0.25, -0.2) is 9.78 Å². The number of rotatable bonds is 1. The number of carbonyl (C=O) groups excluding carboxylic acids is 1. The Morgan fingerprint density at radius 3 is 2.69 bits per heavy atom. The van der Waals surface area contributed by atoms with E-state index in [1.54, 1.807) is 4.90 Å². The third-order valence-corrected chi connectivity index (χ3v) is 2.62. The SMILES string of the molecule is O=C(Nc1ccc(F)nc1)N1CCCCC1. The van der Waals surface area contributed by atoms with Crippen molar-refractivity contribution in [3.63, 3.8) is 0 Å². The summed E-state index contributed by atoms with van der Waals surface area (Å²) in [5.41, 5.74) is 0.525. The molecule has 2 rings (SSSR count). The monoisotopic (exact) mass is 223 g/mol. The maximum atomic E-state index is 12.5. The van der Waals surface area contributed by atoms with Crippen molar-refractivity contribution in [2.24, 2.45) is 0 Å². The highest BCUT2D eigenvalue weighted by molar-refractivity contribution is 5.89. The van der Waals surface area contributed by atoms with E-state index in [9.17, 15) is 9.18 Å². The second-order valence-corrected chi connectivity index (χ2v) is 3.85. The second-order valence-electron chi connectivity index (χ2n) is 3.85. The zero-order valence-electron chi connectivity index (χ0n) is 8.95. The third-order valence-electron chi connectivity index (χ3n) is 2.62. The molecule has 5 heteroatoms. The number of amides is 2. The molecule has 0 atom stereocenters. The first-order chi connectivity index (χ1) is 7.75. The number of urea groups is 1. The van der Waals surface area contributed by atoms with E-state index in [0.717, 1.165) is 25.9 Å². The molecular weight excluding hydrogens is 209 g/mol. The Morgan fingerprint density at radius 2 is 2.06 bits per heavy atom. The minimum atomic E-state index is -0.545. The highest BCUT2D eigenvalue weighted by atomic mass is 19.1. The Hall–Kier alpha value is -1.65. The van der Waals surface area contributed by atoms with Crippen molar-refractivity contribution in [1.82, 2.24) is 9.88 Å². The van der Waals surface area contributed by atoms with Crippen LogP contribution in [0.3, 0.4) is 0 Å². The van der Waals surface area contributed by atoms with Gasteiger partial charge < -0.3 is 10.2 Å². The number of aromatic nitrogens is 1. The predicted molar refractivity (Wildman–Crippen MR) is 58.6 cm³/mol. The zero-order chi connectivity index (χ0) is 11.4. The number of anilines is 1. The average Bonchev–Trinajstić information content (AvgIpc) is 2.33. The zero-order valence-corrected chi connectivity index (χ0v) is 8.95. The summed E-state index contributed by atoms with van der Waals surface area (Å²) in [4.78, 5) is 17.0. The van der Waals surface area contributed by atoms with Gasteiger partial charge in [-0.3, -0.25) is 0 Å². The molecule has 1 aliphatic rings. The lowest BCUT2D eigenvalue weighted by Gasteiger charge is -2.26. The Morgan fingerprint density at radius 1 is 1.31 bits per heavy atom. The smallest absolute Gasteiger partial charge is 0.321 e. The summed E-state index contributed by atoms with van der Waals surface area (Å²) in [6.45, 7) is 1.58. The Balaban J connectivity index is 1.93. The number of hydrogen-bond acceptors (Lipinski definition) is 2. The summed E-state index contributed by atoms with van der Waals surface area (Å²) in [6.07, 6.45) is 4.60. The van der Waals surface area contributed by atoms with Crippen LogP contribution in [0.5, 0.6) is 0 Å². The van der Waals surface area contributed by atoms with E-state index < -0.39 is 5.95 Å². The molecule has 4 nitrogen and oxygen atoms in total. The fourth-order valence-corrected chi connectivity index (χ4v) is 1.75. The van der Waals surface area contributed by atoms with Gasteiger partial charge >= 0.3 is 6.03 Å². The van der Waals surface area contributed by atoms with Gasteiger partial charge in [0.1, 0.15) is 0 Å². The summed E-state index contributed by atoms with van der Waals surface area (Å²) < 4.78 is 12.5. The molecule has 1 fully saturated rings. The van der Waals surface area contributed by atoms with E-state index in [2.05, 4.69) is 10.3 Å². The highest BCUT2D eigenvalue weighted by Gasteiger charge is 2.16. The third kappa shape index (κ3) is 2.68. The van der Waals surface area contributed by atoms with Crippen LogP contribution >= 0.6 is 0 Å². The molecule has 1 saturated heterocycles. The van der Waals surface area contributed by atoms with Crippen molar-refractivity contribution in [2.75, 3.05) is 18.4 Å². The number of piperidine rings is 1. The molecule has 0 radical (unpaired) electrons. The number of pyridine rings is 1. The minimum absolute atomic E-state index is 0.131. The number of halogens is 1. The van der Waals surface area contributed by atoms with Gasteiger partial charge in [0.15, 0.2) is 0 Å². The van der Waals surface area contributed by atoms with Crippen molar-refractivity contribution in [2.45, 2.75) is 19.3 Å². The van der Waals surface area contributed by atoms with Crippen molar-refractivity contribution < 1.29 is 9.18 Å². The van der Waals surface area contributed by atoms with Gasteiger partial charge in [0.25, 0.3) is 0 Å². The first-order valence-electron chi connectivity index (χ1n) is 5.43. The molecule has 0 spiro atoms. The average molecular weight is 223 g/mol. The Kier molecular flexibility index (Phi) is 3.34. The van der Waals surface area contributed by atoms with Gasteiger partial charge in [0.05, 0.1) is 11.9 Å². The Bertz CT molecular complexity index is 360. The van der Waals surface area contributed by atoms with Crippen LogP contribution in [0.25, 0.3) is 0 Å². The largest absolute Gasteiger partial charge is 0.325 e. The predicted octanol–water partition coefficient (Wildman–Crippen LogP) is 2.24. The van der Waals surface area contributed by atoms with Gasteiger partial charge in [-0.2, -0.15) is 4.39 Å². The summed E-state index contributed by atoms with van der Waals surface area (Å²) in [5.74, 6) is -0.545. The van der Waals surface area contributed by atoms with E-state index >= 15 is 0 Å². The fourth-order valence-electron chi connectivity index (χ4n) is 1.75. The van der Waals surface area contributed by atoms with Crippen molar-refractivity contribution in [1.29, 1.82) is 0 Å². The van der Waals surface area contributed by atoms with Crippen LogP contribution in [0, 0.1) is 5.95 Å². The van der Waals surface area contributed by atoms with Crippen molar-refractivity contribution >= 4 is 11.7 Å². The molecule has 0 unspecified atom stereocenters. The number of nitrogens with one attached hydrogen (secondary N) is 1. The molecular formula is C11H14FN3O. The number of likely N-dealkylation sites (tertiary alicyclic amines) is 1. The van der Waals surface area contributed by atoms with Crippen LogP contribution in [-0.2, 0) is 0 Å². The lowest BCUT2D eigenvalue weighted by Crippen LogP contribution is -2.38. The Labute approximate surface area is 93.5 Å². The second kappa shape index (κ2) is 4.92. The van der Waals surface area contributed by atoms with E-state index in [-0.39, 0.29) is 6.03 Å². The van der Waals surface area contributed by atoms with Gasteiger partial charge in [-0.15, -0.1) is 0 Å². The van der Waals surface area contributed by atoms with E-state index in [0.29, 0.717) is 5.69 Å². The van der Waals surface area contributed by atoms with Crippen molar-refractivity contribution in [3.05, 3.63) is 24.3 Å². The normalized spacial score (nSPS) is 15.9. The molecule has 1 aromatic heterocycles. The summed E-state index contributed by atoms with van der Waals surface area (Å²) >= 11 is 0. The van der Waals surface area contributed by atoms with E-state index in [1.807, 2.05) is 0 Å². The van der Waals surface area contributed by atoms with E-state index in [4.69, 9.17) is 0 Å². The molecule has 2 heterocycles. The maximum Gasteiger partial charge on any atom is 0.321 e. The molecule has 86 valence electrons. The van der Waals surface area contributed by atoms with Gasteiger partial charge in [-0.1, -0.05) is 0 Å². The summed E-state index contributed by atoms with van der Waals surface area (Å²) in [7, 11) is 0. The molecule has 0 saturated carbocycles. The topological polar surface area (TPSA) is 45.2 Å². The van der Waals surface area contributed by atoms with Gasteiger partial charge in [-0.05, 0) is 31.4 Å². The highest BCUT2D eigenvalue weighted by Crippen LogP contribution is 2.11. The van der Waals surface area contributed by atoms with Crippen molar-refractivity contribution in [3.8, 4) is 0 Å². The minimum Gasteiger partial charge on any atom is -0.325 e. The van der Waals surface area contributed by atoms with Gasteiger partial charge in [0.2, 0.25) is 5.95 Å². The number of carbonyl (C=O) groups is 1. The molecule has 1 N–H and O–H groups in total. The summed E-state index contributed by atoms with van der Waals surface area (Å²) in [6, 6.07) is 2.60. The first kappa shape index (κ1) is 10.9. The molecule has 1 aromatic rings. The lowest BCUT2D eigenvalue weighted by molar-refractivity contribution is 0.200. The van der Waals surface area contributed by atoms with Crippen LogP contribution in [0.2, 0.25) is 0 Å². The molecule has 0 aromatic carbocycles. The van der Waals surface area contributed by atoms with E-state index in [1.165, 1.54) is 24.8 Å². The number of hydrogen-bond donors (Lipinski definition) is 1. The van der Waals surface area contributed by atoms with Crippen LogP contribution in [-0.4, -0.2) is 29.0 Å². The molecule has 2 amide bonds. The van der Waals surface area contributed by atoms with Crippen LogP contribution in [0.1, 0.15) is 19.3 Å². The van der Waals surface area contributed by atoms with Gasteiger partial charge in [0, 0.05) is 13.1 Å². The van der Waals surface area contributed by atoms with Crippen LogP contribution in [0.4, 0.5) is 14.9 Å². The molecule has 1 aliphatic heterocycles. The fraction of sp³-hybridized carbons (Fsp3) is 0.455. The summed E-state index contributed by atoms with van der Waals surface area (Å²) in [5, 5.41) is 2.70. The van der Waals surface area contributed by atoms with Crippen LogP contribution < -0.4 is 5.32 Å². The molecule has 0 bridgehead atoms. The van der Waals surface area contributed by atoms with Crippen LogP contribution in [0.15, 0.2) is 18.3 Å².